The predicted molar refractivity (Wildman–Crippen MR) is 59.7 cm³/mol. The number of hydrogen-bond acceptors (Lipinski definition) is 5. The number of nitro benzene ring substituents is 1. The number of ketones is 1. The molecule has 0 saturated carbocycles. The highest BCUT2D eigenvalue weighted by molar-refractivity contribution is 6.04. The number of rotatable bonds is 5. The van der Waals surface area contributed by atoms with Crippen LogP contribution in [0.4, 0.5) is 5.69 Å². The van der Waals surface area contributed by atoms with E-state index in [0.717, 1.165) is 0 Å². The Bertz CT molecular complexity index is 481. The second kappa shape index (κ2) is 5.20. The molecule has 17 heavy (non-hydrogen) atoms. The summed E-state index contributed by atoms with van der Waals surface area (Å²) in [5, 5.41) is 10.9. The lowest BCUT2D eigenvalue weighted by Crippen LogP contribution is -2.06. The maximum Gasteiger partial charge on any atom is 0.322 e. The van der Waals surface area contributed by atoms with Gasteiger partial charge in [0.15, 0.2) is 17.8 Å². The summed E-state index contributed by atoms with van der Waals surface area (Å²) in [6.45, 7) is 3.15. The van der Waals surface area contributed by atoms with Crippen molar-refractivity contribution in [3.8, 4) is 5.75 Å². The van der Waals surface area contributed by atoms with E-state index >= 15 is 0 Å². The highest BCUT2D eigenvalue weighted by Crippen LogP contribution is 2.32. The van der Waals surface area contributed by atoms with Crippen LogP contribution < -0.4 is 4.74 Å². The molecular formula is C11H11NO5. The molecule has 0 spiro atoms. The molecule has 0 aliphatic heterocycles. The van der Waals surface area contributed by atoms with Crippen molar-refractivity contribution in [3.63, 3.8) is 0 Å². The molecule has 0 fully saturated rings. The number of carbonyl (C=O) groups excluding carboxylic acids is 2. The van der Waals surface area contributed by atoms with Gasteiger partial charge in [0.1, 0.15) is 5.56 Å². The second-order valence-electron chi connectivity index (χ2n) is 3.24. The van der Waals surface area contributed by atoms with Crippen LogP contribution in [-0.2, 0) is 0 Å². The highest BCUT2D eigenvalue weighted by atomic mass is 16.6. The third-order valence-corrected chi connectivity index (χ3v) is 2.16. The van der Waals surface area contributed by atoms with Crippen LogP contribution in [0.15, 0.2) is 12.1 Å². The standard InChI is InChI=1S/C11H11NO5/c1-3-17-10-5-4-8(7(2)14)9(6-13)11(10)12(15)16/h4-6H,3H2,1-2H3. The second-order valence-corrected chi connectivity index (χ2v) is 3.24. The van der Waals surface area contributed by atoms with E-state index in [-0.39, 0.29) is 23.5 Å². The lowest BCUT2D eigenvalue weighted by Gasteiger charge is -2.07. The van der Waals surface area contributed by atoms with E-state index in [0.29, 0.717) is 6.29 Å². The Balaban J connectivity index is 3.55. The normalized spacial score (nSPS) is 9.76. The molecule has 1 rings (SSSR count). The summed E-state index contributed by atoms with van der Waals surface area (Å²) < 4.78 is 5.06. The Labute approximate surface area is 97.3 Å². The van der Waals surface area contributed by atoms with E-state index in [1.807, 2.05) is 0 Å². The van der Waals surface area contributed by atoms with Crippen molar-refractivity contribution in [3.05, 3.63) is 33.4 Å². The molecule has 0 radical (unpaired) electrons. The number of nitrogens with zero attached hydrogens (tertiary/aromatic N) is 1. The van der Waals surface area contributed by atoms with Crippen molar-refractivity contribution in [1.29, 1.82) is 0 Å². The van der Waals surface area contributed by atoms with Crippen LogP contribution in [0.3, 0.4) is 0 Å². The van der Waals surface area contributed by atoms with Crippen LogP contribution in [-0.4, -0.2) is 23.6 Å². The highest BCUT2D eigenvalue weighted by Gasteiger charge is 2.25. The van der Waals surface area contributed by atoms with Gasteiger partial charge in [0.25, 0.3) is 0 Å². The first-order valence-corrected chi connectivity index (χ1v) is 4.93. The summed E-state index contributed by atoms with van der Waals surface area (Å²) in [6.07, 6.45) is 0.303. The van der Waals surface area contributed by atoms with Gasteiger partial charge < -0.3 is 4.74 Å². The zero-order chi connectivity index (χ0) is 13.0. The molecule has 0 saturated heterocycles. The fourth-order valence-electron chi connectivity index (χ4n) is 1.47. The Morgan fingerprint density at radius 3 is 2.59 bits per heavy atom. The van der Waals surface area contributed by atoms with Gasteiger partial charge in [0.2, 0.25) is 0 Å². The van der Waals surface area contributed by atoms with E-state index in [9.17, 15) is 19.7 Å². The van der Waals surface area contributed by atoms with E-state index in [2.05, 4.69) is 0 Å². The molecule has 0 aliphatic carbocycles. The summed E-state index contributed by atoms with van der Waals surface area (Å²) in [6, 6.07) is 2.68. The zero-order valence-corrected chi connectivity index (χ0v) is 9.43. The number of Topliss-reactive ketones (excluding diaryl/α,β-unsaturated/α-hetero) is 1. The Hall–Kier alpha value is -2.24. The fourth-order valence-corrected chi connectivity index (χ4v) is 1.47. The minimum Gasteiger partial charge on any atom is -0.487 e. The average Bonchev–Trinajstić information content (AvgIpc) is 2.27. The molecule has 0 bridgehead atoms. The first-order chi connectivity index (χ1) is 8.02. The molecule has 90 valence electrons. The molecule has 0 unspecified atom stereocenters. The third-order valence-electron chi connectivity index (χ3n) is 2.16. The molecule has 1 aromatic carbocycles. The first kappa shape index (κ1) is 12.8. The van der Waals surface area contributed by atoms with Crippen molar-refractivity contribution in [2.24, 2.45) is 0 Å². The topological polar surface area (TPSA) is 86.5 Å². The van der Waals surface area contributed by atoms with Crippen molar-refractivity contribution in [2.45, 2.75) is 13.8 Å². The van der Waals surface area contributed by atoms with Gasteiger partial charge in [-0.2, -0.15) is 0 Å². The number of aldehydes is 1. The van der Waals surface area contributed by atoms with Gasteiger partial charge in [-0.05, 0) is 26.0 Å². The predicted octanol–water partition coefficient (Wildman–Crippen LogP) is 2.01. The number of carbonyl (C=O) groups is 2. The van der Waals surface area contributed by atoms with Crippen LogP contribution in [0, 0.1) is 10.1 Å². The quantitative estimate of drug-likeness (QED) is 0.338. The van der Waals surface area contributed by atoms with Crippen molar-refractivity contribution in [1.82, 2.24) is 0 Å². The number of hydrogen-bond donors (Lipinski definition) is 0. The van der Waals surface area contributed by atoms with Crippen molar-refractivity contribution < 1.29 is 19.2 Å². The fraction of sp³-hybridized carbons (Fsp3) is 0.273. The Morgan fingerprint density at radius 1 is 1.53 bits per heavy atom. The Morgan fingerprint density at radius 2 is 2.18 bits per heavy atom. The van der Waals surface area contributed by atoms with E-state index in [1.54, 1.807) is 6.92 Å². The van der Waals surface area contributed by atoms with Crippen LogP contribution >= 0.6 is 0 Å². The monoisotopic (exact) mass is 237 g/mol. The van der Waals surface area contributed by atoms with Gasteiger partial charge in [0.05, 0.1) is 11.5 Å². The maximum absolute atomic E-state index is 11.2. The minimum atomic E-state index is -0.721. The molecule has 0 N–H and O–H groups in total. The third kappa shape index (κ3) is 2.47. The summed E-state index contributed by atoms with van der Waals surface area (Å²) in [5.41, 5.74) is -0.682. The van der Waals surface area contributed by atoms with E-state index in [4.69, 9.17) is 4.74 Å². The van der Waals surface area contributed by atoms with Crippen LogP contribution in [0.2, 0.25) is 0 Å². The summed E-state index contributed by atoms with van der Waals surface area (Å²) >= 11 is 0. The number of benzene rings is 1. The molecule has 6 nitrogen and oxygen atoms in total. The molecule has 0 amide bonds. The van der Waals surface area contributed by atoms with E-state index in [1.165, 1.54) is 19.1 Å². The number of ether oxygens (including phenoxy) is 1. The minimum absolute atomic E-state index is 0.00963. The van der Waals surface area contributed by atoms with Gasteiger partial charge in [-0.1, -0.05) is 0 Å². The molecule has 0 aromatic heterocycles. The molecule has 1 aromatic rings. The van der Waals surface area contributed by atoms with Crippen LogP contribution in [0.5, 0.6) is 5.75 Å². The largest absolute Gasteiger partial charge is 0.487 e. The molecule has 6 heteroatoms. The summed E-state index contributed by atoms with van der Waals surface area (Å²) in [7, 11) is 0. The van der Waals surface area contributed by atoms with Gasteiger partial charge in [0, 0.05) is 5.56 Å². The van der Waals surface area contributed by atoms with E-state index < -0.39 is 16.4 Å². The molecule has 0 atom stereocenters. The average molecular weight is 237 g/mol. The van der Waals surface area contributed by atoms with Gasteiger partial charge in [-0.15, -0.1) is 0 Å². The smallest absolute Gasteiger partial charge is 0.322 e. The lowest BCUT2D eigenvalue weighted by molar-refractivity contribution is -0.386. The van der Waals surface area contributed by atoms with Gasteiger partial charge in [-0.3, -0.25) is 19.7 Å². The lowest BCUT2D eigenvalue weighted by atomic mass is 10.0. The zero-order valence-electron chi connectivity index (χ0n) is 9.43. The van der Waals surface area contributed by atoms with Gasteiger partial charge in [-0.25, -0.2) is 0 Å². The summed E-state index contributed by atoms with van der Waals surface area (Å²) in [4.78, 5) is 32.3. The Kier molecular flexibility index (Phi) is 3.92. The summed E-state index contributed by atoms with van der Waals surface area (Å²) in [5.74, 6) is -0.414. The van der Waals surface area contributed by atoms with Crippen LogP contribution in [0.25, 0.3) is 0 Å². The van der Waals surface area contributed by atoms with Gasteiger partial charge >= 0.3 is 5.69 Å². The van der Waals surface area contributed by atoms with Crippen molar-refractivity contribution in [2.75, 3.05) is 6.61 Å². The van der Waals surface area contributed by atoms with Crippen molar-refractivity contribution >= 4 is 17.8 Å². The molecular weight excluding hydrogens is 226 g/mol. The molecule has 0 aliphatic rings. The number of nitro groups is 1. The molecule has 0 heterocycles. The SMILES string of the molecule is CCOc1ccc(C(C)=O)c(C=O)c1[N+](=O)[O-]. The first-order valence-electron chi connectivity index (χ1n) is 4.93. The van der Waals surface area contributed by atoms with Crippen LogP contribution in [0.1, 0.15) is 34.6 Å². The maximum atomic E-state index is 11.2.